The molecule has 0 radical (unpaired) electrons. The van der Waals surface area contributed by atoms with Crippen molar-refractivity contribution in [1.82, 2.24) is 4.98 Å². The van der Waals surface area contributed by atoms with Crippen LogP contribution >= 0.6 is 0 Å². The Labute approximate surface area is 55.1 Å². The van der Waals surface area contributed by atoms with Crippen molar-refractivity contribution in [3.8, 4) is 0 Å². The van der Waals surface area contributed by atoms with E-state index in [1.807, 2.05) is 19.1 Å². The zero-order valence-electron chi connectivity index (χ0n) is 5.46. The third kappa shape index (κ3) is 1.39. The number of pyridine rings is 1. The summed E-state index contributed by atoms with van der Waals surface area (Å²) in [5.74, 6) is 0. The number of hydrogen-bond acceptors (Lipinski definition) is 1. The zero-order chi connectivity index (χ0) is 6.69. The second kappa shape index (κ2) is 2.44. The predicted octanol–water partition coefficient (Wildman–Crippen LogP) is 2.03. The molecule has 0 aromatic carbocycles. The van der Waals surface area contributed by atoms with Gasteiger partial charge in [-0.15, -0.1) is 0 Å². The molecule has 9 heavy (non-hydrogen) atoms. The van der Waals surface area contributed by atoms with Gasteiger partial charge in [0.1, 0.15) is 0 Å². The molecule has 0 saturated heterocycles. The van der Waals surface area contributed by atoms with E-state index < -0.39 is 0 Å². The maximum absolute atomic E-state index is 4.04. The Morgan fingerprint density at radius 3 is 2.89 bits per heavy atom. The lowest BCUT2D eigenvalue weighted by Gasteiger charge is -1.91. The van der Waals surface area contributed by atoms with Crippen LogP contribution in [0.25, 0.3) is 6.08 Å². The molecule has 1 heterocycles. The minimum absolute atomic E-state index is 0.940. The molecule has 0 bridgehead atoms. The maximum Gasteiger partial charge on any atom is 0.0626 e. The van der Waals surface area contributed by atoms with Crippen molar-refractivity contribution in [1.29, 1.82) is 0 Å². The van der Waals surface area contributed by atoms with Crippen molar-refractivity contribution in [3.05, 3.63) is 36.2 Å². The fraction of sp³-hybridized carbons (Fsp3) is 0.125. The first-order chi connectivity index (χ1) is 4.33. The van der Waals surface area contributed by atoms with Crippen LogP contribution in [0, 0.1) is 6.92 Å². The summed E-state index contributed by atoms with van der Waals surface area (Å²) in [4.78, 5) is 4.04. The van der Waals surface area contributed by atoms with E-state index in [1.165, 1.54) is 5.56 Å². The van der Waals surface area contributed by atoms with Crippen LogP contribution in [0.4, 0.5) is 0 Å². The second-order valence-electron chi connectivity index (χ2n) is 1.96. The van der Waals surface area contributed by atoms with Gasteiger partial charge in [0.2, 0.25) is 0 Å². The molecule has 0 unspecified atom stereocenters. The smallest absolute Gasteiger partial charge is 0.0626 e. The maximum atomic E-state index is 4.04. The highest BCUT2D eigenvalue weighted by molar-refractivity contribution is 5.42. The van der Waals surface area contributed by atoms with E-state index in [0.29, 0.717) is 0 Å². The minimum Gasteiger partial charge on any atom is -0.257 e. The third-order valence-corrected chi connectivity index (χ3v) is 1.15. The molecule has 1 aromatic rings. The first kappa shape index (κ1) is 6.02. The van der Waals surface area contributed by atoms with Gasteiger partial charge in [-0.1, -0.05) is 6.58 Å². The van der Waals surface area contributed by atoms with Crippen molar-refractivity contribution in [2.75, 3.05) is 0 Å². The van der Waals surface area contributed by atoms with E-state index in [9.17, 15) is 0 Å². The van der Waals surface area contributed by atoms with Gasteiger partial charge in [0.15, 0.2) is 0 Å². The van der Waals surface area contributed by atoms with Crippen LogP contribution in [0.5, 0.6) is 0 Å². The zero-order valence-corrected chi connectivity index (χ0v) is 5.46. The van der Waals surface area contributed by atoms with E-state index >= 15 is 0 Å². The number of aryl methyl sites for hydroxylation is 1. The molecule has 0 atom stereocenters. The summed E-state index contributed by atoms with van der Waals surface area (Å²) in [6, 6.07) is 3.96. The van der Waals surface area contributed by atoms with Gasteiger partial charge in [0.25, 0.3) is 0 Å². The Balaban J connectivity index is 3.07. The van der Waals surface area contributed by atoms with Crippen molar-refractivity contribution in [2.24, 2.45) is 0 Å². The molecule has 0 aliphatic heterocycles. The lowest BCUT2D eigenvalue weighted by atomic mass is 10.2. The van der Waals surface area contributed by atoms with E-state index in [1.54, 1.807) is 12.3 Å². The summed E-state index contributed by atoms with van der Waals surface area (Å²) < 4.78 is 0. The molecule has 0 amide bonds. The standard InChI is InChI=1S/C8H9N/c1-3-8-6-7(2)4-5-9-8/h3-6H,1H2,2H3. The molecular weight excluding hydrogens is 110 g/mol. The first-order valence-corrected chi connectivity index (χ1v) is 2.88. The summed E-state index contributed by atoms with van der Waals surface area (Å²) in [5.41, 5.74) is 2.16. The van der Waals surface area contributed by atoms with Crippen LogP contribution in [-0.4, -0.2) is 4.98 Å². The summed E-state index contributed by atoms with van der Waals surface area (Å²) in [5, 5.41) is 0. The highest BCUT2D eigenvalue weighted by Gasteiger charge is 1.84. The molecule has 0 fully saturated rings. The predicted molar refractivity (Wildman–Crippen MR) is 39.1 cm³/mol. The van der Waals surface area contributed by atoms with Gasteiger partial charge in [-0.2, -0.15) is 0 Å². The molecule has 0 N–H and O–H groups in total. The highest BCUT2D eigenvalue weighted by Crippen LogP contribution is 1.99. The van der Waals surface area contributed by atoms with Gasteiger partial charge in [0, 0.05) is 6.20 Å². The molecule has 1 aromatic heterocycles. The quantitative estimate of drug-likeness (QED) is 0.551. The summed E-state index contributed by atoms with van der Waals surface area (Å²) in [6.07, 6.45) is 3.53. The molecule has 1 nitrogen and oxygen atoms in total. The lowest BCUT2D eigenvalue weighted by molar-refractivity contribution is 1.26. The van der Waals surface area contributed by atoms with Gasteiger partial charge in [0.05, 0.1) is 5.69 Å². The summed E-state index contributed by atoms with van der Waals surface area (Å²) >= 11 is 0. The van der Waals surface area contributed by atoms with Gasteiger partial charge in [-0.25, -0.2) is 0 Å². The van der Waals surface area contributed by atoms with Gasteiger partial charge >= 0.3 is 0 Å². The van der Waals surface area contributed by atoms with Gasteiger partial charge in [-0.05, 0) is 30.7 Å². The SMILES string of the molecule is C=Cc1cc(C)ccn1. The van der Waals surface area contributed by atoms with E-state index in [-0.39, 0.29) is 0 Å². The average Bonchev–Trinajstić information content (AvgIpc) is 1.88. The molecule has 46 valence electrons. The number of hydrogen-bond donors (Lipinski definition) is 0. The Bertz CT molecular complexity index is 216. The lowest BCUT2D eigenvalue weighted by Crippen LogP contribution is -1.78. The highest BCUT2D eigenvalue weighted by atomic mass is 14.6. The fourth-order valence-electron chi connectivity index (χ4n) is 0.671. The van der Waals surface area contributed by atoms with Crippen LogP contribution < -0.4 is 0 Å². The van der Waals surface area contributed by atoms with Crippen molar-refractivity contribution < 1.29 is 0 Å². The topological polar surface area (TPSA) is 12.9 Å². The van der Waals surface area contributed by atoms with Crippen LogP contribution in [0.1, 0.15) is 11.3 Å². The molecule has 0 spiro atoms. The Kier molecular flexibility index (Phi) is 1.63. The van der Waals surface area contributed by atoms with Crippen LogP contribution in [0.2, 0.25) is 0 Å². The average molecular weight is 119 g/mol. The van der Waals surface area contributed by atoms with Crippen LogP contribution in [0.3, 0.4) is 0 Å². The van der Waals surface area contributed by atoms with Crippen LogP contribution in [0.15, 0.2) is 24.9 Å². The minimum atomic E-state index is 0.940. The van der Waals surface area contributed by atoms with E-state index in [0.717, 1.165) is 5.69 Å². The number of rotatable bonds is 1. The fourth-order valence-corrected chi connectivity index (χ4v) is 0.671. The molecule has 0 aliphatic carbocycles. The van der Waals surface area contributed by atoms with Crippen molar-refractivity contribution in [2.45, 2.75) is 6.92 Å². The number of nitrogens with zero attached hydrogens (tertiary/aromatic N) is 1. The molecule has 1 heteroatoms. The molecule has 1 rings (SSSR count). The largest absolute Gasteiger partial charge is 0.257 e. The van der Waals surface area contributed by atoms with Crippen molar-refractivity contribution in [3.63, 3.8) is 0 Å². The monoisotopic (exact) mass is 119 g/mol. The van der Waals surface area contributed by atoms with Crippen LogP contribution in [-0.2, 0) is 0 Å². The van der Waals surface area contributed by atoms with Crippen molar-refractivity contribution >= 4 is 6.08 Å². The first-order valence-electron chi connectivity index (χ1n) is 2.88. The normalized spacial score (nSPS) is 9.00. The van der Waals surface area contributed by atoms with E-state index in [2.05, 4.69) is 11.6 Å². The summed E-state index contributed by atoms with van der Waals surface area (Å²) in [7, 11) is 0. The van der Waals surface area contributed by atoms with E-state index in [4.69, 9.17) is 0 Å². The second-order valence-corrected chi connectivity index (χ2v) is 1.96. The van der Waals surface area contributed by atoms with Gasteiger partial charge in [-0.3, -0.25) is 4.98 Å². The Morgan fingerprint density at radius 1 is 1.67 bits per heavy atom. The molecule has 0 saturated carbocycles. The van der Waals surface area contributed by atoms with Gasteiger partial charge < -0.3 is 0 Å². The number of aromatic nitrogens is 1. The molecular formula is C8H9N. The Morgan fingerprint density at radius 2 is 2.44 bits per heavy atom. The Hall–Kier alpha value is -1.11. The third-order valence-electron chi connectivity index (χ3n) is 1.15. The summed E-state index contributed by atoms with van der Waals surface area (Å²) in [6.45, 7) is 5.65. The molecule has 0 aliphatic rings.